The van der Waals surface area contributed by atoms with Crippen LogP contribution >= 0.6 is 11.3 Å². The number of thiophene rings is 1. The number of para-hydroxylation sites is 1. The predicted molar refractivity (Wildman–Crippen MR) is 553 cm³/mol. The molecule has 4 heteroatoms. The average molecular weight is 1680 g/mol. The van der Waals surface area contributed by atoms with Crippen molar-refractivity contribution in [3.05, 3.63) is 522 Å². The molecule has 0 fully saturated rings. The Morgan fingerprint density at radius 2 is 0.346 bits per heavy atom. The van der Waals surface area contributed by atoms with Crippen LogP contribution in [0.3, 0.4) is 0 Å². The van der Waals surface area contributed by atoms with Gasteiger partial charge in [-0.2, -0.15) is 0 Å². The molecule has 21 aromatic carbocycles. The highest BCUT2D eigenvalue weighted by Gasteiger charge is 2.23. The fourth-order valence-corrected chi connectivity index (χ4v) is 19.7. The molecule has 0 unspecified atom stereocenters. The maximum absolute atomic E-state index is 6.97. The molecule has 3 nitrogen and oxygen atoms in total. The van der Waals surface area contributed by atoms with E-state index in [0.717, 1.165) is 89.4 Å². The predicted octanol–water partition coefficient (Wildman–Crippen LogP) is 36.3. The summed E-state index contributed by atoms with van der Waals surface area (Å²) in [6.07, 6.45) is 0. The van der Waals surface area contributed by atoms with E-state index < -0.39 is 0 Å². The van der Waals surface area contributed by atoms with Crippen molar-refractivity contribution in [2.24, 2.45) is 0 Å². The molecule has 2 aromatic heterocycles. The number of furan rings is 1. The lowest BCUT2D eigenvalue weighted by atomic mass is 9.94. The van der Waals surface area contributed by atoms with Crippen molar-refractivity contribution in [2.45, 2.75) is 0 Å². The van der Waals surface area contributed by atoms with Gasteiger partial charge >= 0.3 is 0 Å². The molecule has 0 bridgehead atoms. The minimum atomic E-state index is 0.890. The molecule has 0 aliphatic rings. The van der Waals surface area contributed by atoms with Crippen molar-refractivity contribution < 1.29 is 4.42 Å². The largest absolute Gasteiger partial charge is 0.455 e. The summed E-state index contributed by atoms with van der Waals surface area (Å²) in [5.74, 6) is 0. The van der Waals surface area contributed by atoms with E-state index in [1.54, 1.807) is 0 Å². The highest BCUT2D eigenvalue weighted by atomic mass is 32.1. The smallest absolute Gasteiger partial charge is 0.143 e. The molecule has 612 valence electrons. The Morgan fingerprint density at radius 1 is 0.131 bits per heavy atom. The van der Waals surface area contributed by atoms with Gasteiger partial charge in [0.05, 0.1) is 0 Å². The van der Waals surface area contributed by atoms with E-state index in [1.807, 2.05) is 11.3 Å². The zero-order chi connectivity index (χ0) is 86.5. The van der Waals surface area contributed by atoms with Crippen LogP contribution < -0.4 is 9.80 Å². The SMILES string of the molecule is c1ccc(-c2ccc(-c3ccc(N(c4ccc(-c5ccccc5)cc4)c4ccc(-c5cccc(-c6cccc7c6oc6c(-c8ccccc8)cc(-c8ccccc8)cc67)c5)cc4)cc3)cc2)cc1.c1ccc(-c2ccc(-c3ccc(N(c4ccc(-c5ccccc5)cc4)c4ccc(-c5cccc(-c6cccc7c6sc6c(-c8ccccc8)cccc67)c5)cc4)cc3)cc2)cc1. The molecular weight excluding hydrogens is 1590 g/mol. The molecule has 0 N–H and O–H groups in total. The molecule has 23 aromatic rings. The first-order valence-electron chi connectivity index (χ1n) is 44.4. The second-order valence-electron chi connectivity index (χ2n) is 33.0. The average Bonchev–Trinajstić information content (AvgIpc) is 1.61. The van der Waals surface area contributed by atoms with Crippen molar-refractivity contribution in [2.75, 3.05) is 9.80 Å². The summed E-state index contributed by atoms with van der Waals surface area (Å²) in [5.41, 5.74) is 39.2. The summed E-state index contributed by atoms with van der Waals surface area (Å²) in [7, 11) is 0. The molecule has 0 atom stereocenters. The standard InChI is InChI=1S/C66H45NO.C60H41NS/c1-5-15-46(16-6-1)49-27-29-50(30-28-49)52-33-39-59(40-34-52)67(58-37-31-51(32-38-58)47-17-7-2-8-18-47)60-41-35-53(36-42-60)55-23-13-24-56(43-55)61-25-14-26-62-64-45-57(48-19-9-3-10-20-48)44-63(66(64)68-65(61)62)54-21-11-4-12-22-54;1-4-13-42(14-5-1)44-25-27-45(28-26-44)47-31-37-53(38-32-47)61(52-35-29-46(30-36-52)43-15-6-2-7-16-43)54-39-33-48(34-40-54)50-19-10-20-51(41-50)56-22-12-24-58-57-23-11-21-55(59(57)62-60(56)58)49-17-8-3-9-18-49/h1-45H;1-41H. The van der Waals surface area contributed by atoms with Crippen LogP contribution in [0.1, 0.15) is 0 Å². The number of anilines is 6. The van der Waals surface area contributed by atoms with Crippen LogP contribution in [0.15, 0.2) is 526 Å². The lowest BCUT2D eigenvalue weighted by Crippen LogP contribution is -2.09. The summed E-state index contributed by atoms with van der Waals surface area (Å²) >= 11 is 1.90. The summed E-state index contributed by atoms with van der Waals surface area (Å²) in [5, 5.41) is 4.83. The van der Waals surface area contributed by atoms with E-state index in [4.69, 9.17) is 4.42 Å². The van der Waals surface area contributed by atoms with Crippen LogP contribution in [0.4, 0.5) is 34.1 Å². The van der Waals surface area contributed by atoms with Gasteiger partial charge in [0.15, 0.2) is 0 Å². The Labute approximate surface area is 762 Å². The van der Waals surface area contributed by atoms with E-state index in [0.29, 0.717) is 0 Å². The van der Waals surface area contributed by atoms with E-state index in [-0.39, 0.29) is 0 Å². The normalized spacial score (nSPS) is 11.2. The maximum Gasteiger partial charge on any atom is 0.143 e. The summed E-state index contributed by atoms with van der Waals surface area (Å²) in [6, 6.07) is 188. The van der Waals surface area contributed by atoms with Gasteiger partial charge in [0, 0.05) is 76.2 Å². The lowest BCUT2D eigenvalue weighted by molar-refractivity contribution is 0.671. The molecular formula is C126H86N2OS. The Balaban J connectivity index is 0.000000153. The third-order valence-corrected chi connectivity index (χ3v) is 26.3. The minimum absolute atomic E-state index is 0.890. The van der Waals surface area contributed by atoms with Gasteiger partial charge < -0.3 is 14.2 Å². The number of hydrogen-bond acceptors (Lipinski definition) is 4. The quantitative estimate of drug-likeness (QED) is 0.0804. The Bertz CT molecular complexity index is 7890. The van der Waals surface area contributed by atoms with E-state index >= 15 is 0 Å². The zero-order valence-corrected chi connectivity index (χ0v) is 72.2. The van der Waals surface area contributed by atoms with Gasteiger partial charge in [-0.25, -0.2) is 0 Å². The van der Waals surface area contributed by atoms with Gasteiger partial charge in [-0.1, -0.05) is 425 Å². The van der Waals surface area contributed by atoms with E-state index in [9.17, 15) is 0 Å². The first-order valence-corrected chi connectivity index (χ1v) is 45.2. The highest BCUT2D eigenvalue weighted by Crippen LogP contribution is 2.48. The molecule has 0 amide bonds. The van der Waals surface area contributed by atoms with Gasteiger partial charge in [0.2, 0.25) is 0 Å². The third kappa shape index (κ3) is 16.2. The Kier molecular flexibility index (Phi) is 21.7. The molecule has 2 heterocycles. The van der Waals surface area contributed by atoms with Gasteiger partial charge in [-0.15, -0.1) is 11.3 Å². The van der Waals surface area contributed by atoms with Crippen molar-refractivity contribution in [1.82, 2.24) is 0 Å². The topological polar surface area (TPSA) is 19.6 Å². The first kappa shape index (κ1) is 79.2. The molecule has 23 rings (SSSR count). The number of fused-ring (bicyclic) bond motifs is 6. The highest BCUT2D eigenvalue weighted by molar-refractivity contribution is 7.26. The Hall–Kier alpha value is -16.8. The fourth-order valence-electron chi connectivity index (χ4n) is 18.3. The zero-order valence-electron chi connectivity index (χ0n) is 71.4. The van der Waals surface area contributed by atoms with Gasteiger partial charge in [-0.3, -0.25) is 0 Å². The van der Waals surface area contributed by atoms with Gasteiger partial charge in [0.25, 0.3) is 0 Å². The van der Waals surface area contributed by atoms with E-state index in [2.05, 4.69) is 532 Å². The summed E-state index contributed by atoms with van der Waals surface area (Å²) < 4.78 is 9.62. The van der Waals surface area contributed by atoms with Crippen LogP contribution in [0, 0.1) is 0 Å². The van der Waals surface area contributed by atoms with Crippen LogP contribution in [0.2, 0.25) is 0 Å². The number of hydrogen-bond donors (Lipinski definition) is 0. The molecule has 130 heavy (non-hydrogen) atoms. The molecule has 0 saturated heterocycles. The minimum Gasteiger partial charge on any atom is -0.455 e. The molecule has 0 saturated carbocycles. The fraction of sp³-hybridized carbons (Fsp3) is 0. The number of benzene rings is 21. The van der Waals surface area contributed by atoms with Crippen LogP contribution in [0.5, 0.6) is 0 Å². The number of rotatable bonds is 19. The van der Waals surface area contributed by atoms with Gasteiger partial charge in [-0.05, 0) is 231 Å². The van der Waals surface area contributed by atoms with Gasteiger partial charge in [0.1, 0.15) is 11.2 Å². The van der Waals surface area contributed by atoms with Crippen molar-refractivity contribution >= 4 is 87.6 Å². The van der Waals surface area contributed by atoms with Crippen LogP contribution in [0.25, 0.3) is 187 Å². The molecule has 0 radical (unpaired) electrons. The summed E-state index contributed by atoms with van der Waals surface area (Å²) in [4.78, 5) is 4.69. The Morgan fingerprint density at radius 3 is 0.669 bits per heavy atom. The summed E-state index contributed by atoms with van der Waals surface area (Å²) in [6.45, 7) is 0. The molecule has 0 aliphatic carbocycles. The maximum atomic E-state index is 6.97. The second-order valence-corrected chi connectivity index (χ2v) is 34.0. The van der Waals surface area contributed by atoms with Crippen molar-refractivity contribution in [1.29, 1.82) is 0 Å². The van der Waals surface area contributed by atoms with Crippen molar-refractivity contribution in [3.63, 3.8) is 0 Å². The number of nitrogens with zero attached hydrogens (tertiary/aromatic N) is 2. The van der Waals surface area contributed by atoms with E-state index in [1.165, 1.54) is 131 Å². The third-order valence-electron chi connectivity index (χ3n) is 25.0. The van der Waals surface area contributed by atoms with Crippen LogP contribution in [-0.4, -0.2) is 0 Å². The lowest BCUT2D eigenvalue weighted by Gasteiger charge is -2.26. The van der Waals surface area contributed by atoms with Crippen LogP contribution in [-0.2, 0) is 0 Å². The first-order chi connectivity index (χ1) is 64.4. The monoisotopic (exact) mass is 1670 g/mol. The second kappa shape index (κ2) is 35.7. The molecule has 0 aliphatic heterocycles. The molecule has 0 spiro atoms. The van der Waals surface area contributed by atoms with Crippen molar-refractivity contribution in [3.8, 4) is 145 Å².